The SMILES string of the molecule is COc1ccc2[nH]cc(CCNC(=O)C3Cc4cc([NH+]([O-])O)ccc4N4CC5CC(Cn6c5cccc6=O)C34)c2c1. The highest BCUT2D eigenvalue weighted by atomic mass is 16.8. The van der Waals surface area contributed by atoms with Crippen LogP contribution in [0, 0.1) is 17.0 Å². The number of carbonyl (C=O) groups excluding carboxylic acids is 1. The van der Waals surface area contributed by atoms with Crippen LogP contribution in [0.2, 0.25) is 0 Å². The van der Waals surface area contributed by atoms with E-state index in [-0.39, 0.29) is 40.9 Å². The molecule has 2 aromatic heterocycles. The molecule has 5 atom stereocenters. The summed E-state index contributed by atoms with van der Waals surface area (Å²) in [6.45, 7) is 1.74. The van der Waals surface area contributed by atoms with Gasteiger partial charge in [0.05, 0.1) is 13.0 Å². The second-order valence-electron chi connectivity index (χ2n) is 11.5. The van der Waals surface area contributed by atoms with Crippen molar-refractivity contribution in [3.63, 3.8) is 0 Å². The van der Waals surface area contributed by atoms with E-state index >= 15 is 0 Å². The van der Waals surface area contributed by atoms with E-state index in [0.717, 1.165) is 45.6 Å². The van der Waals surface area contributed by atoms with Crippen LogP contribution in [0.3, 0.4) is 0 Å². The van der Waals surface area contributed by atoms with E-state index in [0.29, 0.717) is 32.5 Å². The molecule has 2 bridgehead atoms. The van der Waals surface area contributed by atoms with Crippen molar-refractivity contribution >= 4 is 28.2 Å². The lowest BCUT2D eigenvalue weighted by molar-refractivity contribution is -0.991. The van der Waals surface area contributed by atoms with E-state index in [1.165, 1.54) is 0 Å². The number of methoxy groups -OCH3 is 1. The first kappa shape index (κ1) is 25.8. The van der Waals surface area contributed by atoms with Gasteiger partial charge in [-0.05, 0) is 66.6 Å². The van der Waals surface area contributed by atoms with Crippen molar-refractivity contribution in [2.24, 2.45) is 11.8 Å². The number of ether oxygens (including phenoxy) is 1. The van der Waals surface area contributed by atoms with Gasteiger partial charge in [-0.15, -0.1) is 0 Å². The molecule has 0 radical (unpaired) electrons. The fourth-order valence-corrected chi connectivity index (χ4v) is 7.43. The van der Waals surface area contributed by atoms with Gasteiger partial charge in [0.15, 0.2) is 5.69 Å². The highest BCUT2D eigenvalue weighted by Crippen LogP contribution is 2.47. The van der Waals surface area contributed by atoms with Crippen molar-refractivity contribution in [1.82, 2.24) is 14.9 Å². The molecule has 7 rings (SSSR count). The number of hydrogen-bond donors (Lipinski definition) is 4. The van der Waals surface area contributed by atoms with Gasteiger partial charge in [0.2, 0.25) is 5.91 Å². The van der Waals surface area contributed by atoms with Gasteiger partial charge in [-0.1, -0.05) is 6.07 Å². The Morgan fingerprint density at radius 2 is 2.07 bits per heavy atom. The number of aromatic nitrogens is 2. The maximum absolute atomic E-state index is 13.9. The first-order valence-corrected chi connectivity index (χ1v) is 14.2. The summed E-state index contributed by atoms with van der Waals surface area (Å²) < 4.78 is 7.28. The standard InChI is InChI=1S/C31H33N5O5/c1-41-23-6-7-26-24(14-23)18(15-33-26)9-10-32-31(38)25-13-19-12-22(36(39)40)5-8-28(19)35-16-20-11-21(30(25)35)17-34-27(20)3-2-4-29(34)37/h2-8,12,14-15,20-21,25,30,33,36,39H,9-11,13,16-17H2,1H3,(H,32,38). The molecular weight excluding hydrogens is 522 g/mol. The van der Waals surface area contributed by atoms with Crippen LogP contribution < -0.4 is 25.7 Å². The van der Waals surface area contributed by atoms with Crippen LogP contribution in [-0.2, 0) is 24.2 Å². The van der Waals surface area contributed by atoms with E-state index in [2.05, 4.69) is 15.2 Å². The Hall–Kier alpha value is -4.12. The van der Waals surface area contributed by atoms with Crippen molar-refractivity contribution in [3.8, 4) is 5.75 Å². The van der Waals surface area contributed by atoms with E-state index < -0.39 is 5.23 Å². The van der Waals surface area contributed by atoms with Crippen LogP contribution in [0.15, 0.2) is 65.6 Å². The quantitative estimate of drug-likeness (QED) is 0.271. The van der Waals surface area contributed by atoms with Gasteiger partial charge in [0, 0.05) is 78.3 Å². The minimum atomic E-state index is -0.977. The number of piperidine rings is 1. The zero-order valence-corrected chi connectivity index (χ0v) is 22.8. The summed E-state index contributed by atoms with van der Waals surface area (Å²) in [6, 6.07) is 16.6. The molecule has 41 heavy (non-hydrogen) atoms. The molecule has 0 saturated carbocycles. The Bertz CT molecular complexity index is 1690. The monoisotopic (exact) mass is 555 g/mol. The van der Waals surface area contributed by atoms with E-state index in [1.807, 2.05) is 47.2 Å². The van der Waals surface area contributed by atoms with Crippen LogP contribution in [0.5, 0.6) is 5.75 Å². The lowest BCUT2D eigenvalue weighted by Gasteiger charge is -2.54. The van der Waals surface area contributed by atoms with Gasteiger partial charge in [0.1, 0.15) is 5.75 Å². The molecule has 5 heterocycles. The smallest absolute Gasteiger partial charge is 0.250 e. The Morgan fingerprint density at radius 3 is 2.90 bits per heavy atom. The molecule has 10 nitrogen and oxygen atoms in total. The lowest BCUT2D eigenvalue weighted by Crippen LogP contribution is -2.99. The van der Waals surface area contributed by atoms with Crippen LogP contribution >= 0.6 is 0 Å². The van der Waals surface area contributed by atoms with Crippen molar-refractivity contribution < 1.29 is 20.0 Å². The molecule has 10 heteroatoms. The number of carbonyl (C=O) groups is 1. The molecule has 4 N–H and O–H groups in total. The molecule has 0 spiro atoms. The first-order chi connectivity index (χ1) is 19.9. The Labute approximate surface area is 236 Å². The number of pyridine rings is 1. The summed E-state index contributed by atoms with van der Waals surface area (Å²) in [5.74, 6) is 0.694. The lowest BCUT2D eigenvalue weighted by atomic mass is 9.70. The van der Waals surface area contributed by atoms with Crippen LogP contribution in [0.1, 0.15) is 29.2 Å². The highest BCUT2D eigenvalue weighted by Gasteiger charge is 2.49. The number of H-pyrrole nitrogens is 1. The summed E-state index contributed by atoms with van der Waals surface area (Å²) >= 11 is 0. The van der Waals surface area contributed by atoms with Gasteiger partial charge in [0.25, 0.3) is 5.56 Å². The molecule has 3 aliphatic rings. The number of aromatic amines is 1. The summed E-state index contributed by atoms with van der Waals surface area (Å²) in [7, 11) is 1.65. The zero-order chi connectivity index (χ0) is 28.2. The molecule has 1 saturated heterocycles. The summed E-state index contributed by atoms with van der Waals surface area (Å²) in [5.41, 5.74) is 5.27. The van der Waals surface area contributed by atoms with Crippen molar-refractivity contribution in [2.45, 2.75) is 37.8 Å². The maximum atomic E-state index is 13.9. The van der Waals surface area contributed by atoms with Gasteiger partial charge in [-0.2, -0.15) is 5.23 Å². The number of anilines is 1. The minimum absolute atomic E-state index is 0.00400. The van der Waals surface area contributed by atoms with E-state index in [4.69, 9.17) is 4.74 Å². The molecule has 1 amide bonds. The van der Waals surface area contributed by atoms with Gasteiger partial charge >= 0.3 is 0 Å². The van der Waals surface area contributed by atoms with E-state index in [9.17, 15) is 20.0 Å². The molecule has 5 unspecified atom stereocenters. The normalized spacial score (nSPS) is 23.3. The first-order valence-electron chi connectivity index (χ1n) is 14.2. The third-order valence-corrected chi connectivity index (χ3v) is 9.26. The third kappa shape index (κ3) is 4.39. The molecule has 212 valence electrons. The molecule has 1 fully saturated rings. The number of quaternary nitrogens is 1. The zero-order valence-electron chi connectivity index (χ0n) is 22.8. The molecule has 2 aromatic carbocycles. The topological polar surface area (TPSA) is 127 Å². The van der Waals surface area contributed by atoms with Gasteiger partial charge in [-0.3, -0.25) is 9.59 Å². The van der Waals surface area contributed by atoms with Crippen LogP contribution in [-0.4, -0.2) is 46.9 Å². The number of rotatable bonds is 6. The summed E-state index contributed by atoms with van der Waals surface area (Å²) in [4.78, 5) is 32.3. The highest BCUT2D eigenvalue weighted by molar-refractivity contribution is 5.85. The number of nitrogens with zero attached hydrogens (tertiary/aromatic N) is 2. The predicted octanol–water partition coefficient (Wildman–Crippen LogP) is 2.27. The number of hydrogen-bond acceptors (Lipinski definition) is 6. The number of fused-ring (bicyclic) bond motifs is 9. The third-order valence-electron chi connectivity index (χ3n) is 9.26. The molecular formula is C31H33N5O5. The van der Waals surface area contributed by atoms with Crippen molar-refractivity contribution in [2.75, 3.05) is 25.1 Å². The van der Waals surface area contributed by atoms with Crippen LogP contribution in [0.4, 0.5) is 11.4 Å². The molecule has 0 aliphatic carbocycles. The number of nitrogens with one attached hydrogen (secondary N) is 3. The fraction of sp³-hybridized carbons (Fsp3) is 0.355. The Balaban J connectivity index is 1.17. The Kier molecular flexibility index (Phi) is 6.33. The average molecular weight is 556 g/mol. The maximum Gasteiger partial charge on any atom is 0.250 e. The van der Waals surface area contributed by atoms with Crippen molar-refractivity contribution in [3.05, 3.63) is 93.2 Å². The second kappa shape index (κ2) is 10.1. The number of benzene rings is 2. The fourth-order valence-electron chi connectivity index (χ4n) is 7.43. The van der Waals surface area contributed by atoms with Crippen LogP contribution in [0.25, 0.3) is 10.9 Å². The Morgan fingerprint density at radius 1 is 1.20 bits per heavy atom. The average Bonchev–Trinajstić information content (AvgIpc) is 3.38. The largest absolute Gasteiger partial charge is 0.595 e. The van der Waals surface area contributed by atoms with E-state index in [1.54, 1.807) is 25.3 Å². The van der Waals surface area contributed by atoms with Crippen molar-refractivity contribution in [1.29, 1.82) is 0 Å². The minimum Gasteiger partial charge on any atom is -0.595 e. The number of amides is 1. The predicted molar refractivity (Wildman–Crippen MR) is 154 cm³/mol. The second-order valence-corrected chi connectivity index (χ2v) is 11.5. The van der Waals surface area contributed by atoms with Gasteiger partial charge in [-0.25, -0.2) is 5.21 Å². The summed E-state index contributed by atoms with van der Waals surface area (Å²) in [5, 5.41) is 24.7. The van der Waals surface area contributed by atoms with Gasteiger partial charge < -0.3 is 29.7 Å². The molecule has 4 aromatic rings. The summed E-state index contributed by atoms with van der Waals surface area (Å²) in [6.07, 6.45) is 4.02. The molecule has 3 aliphatic heterocycles.